The second-order valence-corrected chi connectivity index (χ2v) is 4.74. The van der Waals surface area contributed by atoms with E-state index in [1.165, 1.54) is 25.3 Å². The molecule has 6 heteroatoms. The molecular weight excluding hydrogens is 318 g/mol. The number of hydrogen-bond donors (Lipinski definition) is 2. The molecule has 0 heterocycles. The van der Waals surface area contributed by atoms with Crippen LogP contribution in [0.4, 0.5) is 25.8 Å². The van der Waals surface area contributed by atoms with Crippen molar-refractivity contribution < 1.29 is 13.5 Å². The third-order valence-corrected chi connectivity index (χ3v) is 3.01. The summed E-state index contributed by atoms with van der Waals surface area (Å²) >= 11 is 3.15. The molecule has 0 aliphatic rings. The Kier molecular flexibility index (Phi) is 3.90. The van der Waals surface area contributed by atoms with E-state index in [0.29, 0.717) is 10.2 Å². The van der Waals surface area contributed by atoms with Gasteiger partial charge < -0.3 is 15.8 Å². The molecule has 2 aromatic rings. The van der Waals surface area contributed by atoms with Gasteiger partial charge in [-0.05, 0) is 18.2 Å². The maximum absolute atomic E-state index is 13.7. The number of nitrogen functional groups attached to an aromatic ring is 1. The van der Waals surface area contributed by atoms with Crippen molar-refractivity contribution >= 4 is 33.0 Å². The first-order valence-electron chi connectivity index (χ1n) is 5.36. The van der Waals surface area contributed by atoms with Gasteiger partial charge in [-0.2, -0.15) is 0 Å². The van der Waals surface area contributed by atoms with Crippen molar-refractivity contribution in [2.75, 3.05) is 18.2 Å². The lowest BCUT2D eigenvalue weighted by atomic mass is 10.2. The van der Waals surface area contributed by atoms with Gasteiger partial charge in [0.05, 0.1) is 24.2 Å². The van der Waals surface area contributed by atoms with Gasteiger partial charge in [0, 0.05) is 16.6 Å². The highest BCUT2D eigenvalue weighted by molar-refractivity contribution is 9.10. The van der Waals surface area contributed by atoms with Gasteiger partial charge in [0.25, 0.3) is 0 Å². The van der Waals surface area contributed by atoms with Crippen LogP contribution in [0.1, 0.15) is 0 Å². The maximum Gasteiger partial charge on any atom is 0.148 e. The minimum atomic E-state index is -0.583. The number of nitrogens with one attached hydrogen (secondary N) is 1. The molecular formula is C13H11BrF2N2O. The van der Waals surface area contributed by atoms with Crippen LogP contribution in [0.2, 0.25) is 0 Å². The number of halogens is 3. The summed E-state index contributed by atoms with van der Waals surface area (Å²) in [6, 6.07) is 6.94. The normalized spacial score (nSPS) is 10.3. The van der Waals surface area contributed by atoms with Crippen LogP contribution in [-0.4, -0.2) is 7.11 Å². The topological polar surface area (TPSA) is 47.3 Å². The SMILES string of the molecule is COc1cc(Nc2ccc(Br)cc2F)c(F)cc1N. The first-order valence-corrected chi connectivity index (χ1v) is 6.15. The Balaban J connectivity index is 2.37. The molecule has 0 unspecified atom stereocenters. The second kappa shape index (κ2) is 5.44. The second-order valence-electron chi connectivity index (χ2n) is 3.82. The van der Waals surface area contributed by atoms with Crippen molar-refractivity contribution in [3.63, 3.8) is 0 Å². The molecule has 0 atom stereocenters. The highest BCUT2D eigenvalue weighted by Gasteiger charge is 2.10. The number of methoxy groups -OCH3 is 1. The molecule has 100 valence electrons. The Morgan fingerprint density at radius 1 is 1.11 bits per heavy atom. The molecule has 2 rings (SSSR count). The minimum absolute atomic E-state index is 0.0901. The number of rotatable bonds is 3. The lowest BCUT2D eigenvalue weighted by Gasteiger charge is -2.12. The van der Waals surface area contributed by atoms with E-state index in [4.69, 9.17) is 10.5 Å². The molecule has 0 aliphatic heterocycles. The third-order valence-electron chi connectivity index (χ3n) is 2.52. The van der Waals surface area contributed by atoms with Crippen LogP contribution in [0.3, 0.4) is 0 Å². The molecule has 0 fully saturated rings. The average Bonchev–Trinajstić information content (AvgIpc) is 2.35. The van der Waals surface area contributed by atoms with Crippen molar-refractivity contribution in [2.24, 2.45) is 0 Å². The molecule has 0 aliphatic carbocycles. The summed E-state index contributed by atoms with van der Waals surface area (Å²) < 4.78 is 33.0. The molecule has 3 nitrogen and oxygen atoms in total. The zero-order valence-corrected chi connectivity index (χ0v) is 11.6. The smallest absolute Gasteiger partial charge is 0.148 e. The first kappa shape index (κ1) is 13.6. The van der Waals surface area contributed by atoms with E-state index in [1.807, 2.05) is 0 Å². The zero-order valence-electron chi connectivity index (χ0n) is 10.0. The van der Waals surface area contributed by atoms with Gasteiger partial charge in [-0.1, -0.05) is 15.9 Å². The minimum Gasteiger partial charge on any atom is -0.495 e. The van der Waals surface area contributed by atoms with Crippen molar-refractivity contribution in [2.45, 2.75) is 0 Å². The molecule has 0 amide bonds. The summed E-state index contributed by atoms with van der Waals surface area (Å²) in [5, 5.41) is 2.66. The molecule has 0 saturated carbocycles. The lowest BCUT2D eigenvalue weighted by molar-refractivity contribution is 0.416. The summed E-state index contributed by atoms with van der Waals surface area (Å²) in [6.45, 7) is 0. The van der Waals surface area contributed by atoms with Crippen LogP contribution >= 0.6 is 15.9 Å². The average molecular weight is 329 g/mol. The largest absolute Gasteiger partial charge is 0.495 e. The Bertz CT molecular complexity index is 620. The highest BCUT2D eigenvalue weighted by Crippen LogP contribution is 2.31. The van der Waals surface area contributed by atoms with Crippen LogP contribution in [0, 0.1) is 11.6 Å². The van der Waals surface area contributed by atoms with Crippen LogP contribution in [0.5, 0.6) is 5.75 Å². The maximum atomic E-state index is 13.7. The van der Waals surface area contributed by atoms with Gasteiger partial charge in [0.2, 0.25) is 0 Å². The van der Waals surface area contributed by atoms with E-state index < -0.39 is 11.6 Å². The van der Waals surface area contributed by atoms with Gasteiger partial charge in [0.1, 0.15) is 17.4 Å². The van der Waals surface area contributed by atoms with E-state index in [1.54, 1.807) is 6.07 Å². The van der Waals surface area contributed by atoms with Crippen LogP contribution < -0.4 is 15.8 Å². The number of benzene rings is 2. The molecule has 19 heavy (non-hydrogen) atoms. The number of anilines is 3. The van der Waals surface area contributed by atoms with E-state index in [9.17, 15) is 8.78 Å². The van der Waals surface area contributed by atoms with Crippen LogP contribution in [0.15, 0.2) is 34.8 Å². The summed E-state index contributed by atoms with van der Waals surface area (Å²) in [6.07, 6.45) is 0. The van der Waals surface area contributed by atoms with Gasteiger partial charge >= 0.3 is 0 Å². The standard InChI is InChI=1S/C13H11BrF2N2O/c1-19-13-6-12(9(16)5-10(13)17)18-11-3-2-7(14)4-8(11)15/h2-6,18H,17H2,1H3. The fraction of sp³-hybridized carbons (Fsp3) is 0.0769. The fourth-order valence-electron chi connectivity index (χ4n) is 1.58. The van der Waals surface area contributed by atoms with Crippen molar-refractivity contribution in [1.29, 1.82) is 0 Å². The summed E-state index contributed by atoms with van der Waals surface area (Å²) in [5.41, 5.74) is 6.00. The predicted molar refractivity (Wildman–Crippen MR) is 74.7 cm³/mol. The summed E-state index contributed by atoms with van der Waals surface area (Å²) in [4.78, 5) is 0. The monoisotopic (exact) mass is 328 g/mol. The Morgan fingerprint density at radius 2 is 1.79 bits per heavy atom. The van der Waals surface area contributed by atoms with Gasteiger partial charge in [0.15, 0.2) is 0 Å². The van der Waals surface area contributed by atoms with Crippen LogP contribution in [-0.2, 0) is 0 Å². The molecule has 0 radical (unpaired) electrons. The third kappa shape index (κ3) is 2.96. The summed E-state index contributed by atoms with van der Waals surface area (Å²) in [5.74, 6) is -0.758. The zero-order chi connectivity index (χ0) is 14.0. The molecule has 0 aromatic heterocycles. The molecule has 3 N–H and O–H groups in total. The number of hydrogen-bond acceptors (Lipinski definition) is 3. The van der Waals surface area contributed by atoms with Gasteiger partial charge in [-0.25, -0.2) is 8.78 Å². The van der Waals surface area contributed by atoms with Crippen LogP contribution in [0.25, 0.3) is 0 Å². The Hall–Kier alpha value is -1.82. The number of nitrogens with two attached hydrogens (primary N) is 1. The number of ether oxygens (including phenoxy) is 1. The van der Waals surface area contributed by atoms with Gasteiger partial charge in [-0.15, -0.1) is 0 Å². The van der Waals surface area contributed by atoms with Crippen molar-refractivity contribution in [1.82, 2.24) is 0 Å². The molecule has 2 aromatic carbocycles. The quantitative estimate of drug-likeness (QED) is 0.835. The summed E-state index contributed by atoms with van der Waals surface area (Å²) in [7, 11) is 1.42. The van der Waals surface area contributed by atoms with E-state index in [2.05, 4.69) is 21.2 Å². The molecule has 0 spiro atoms. The fourth-order valence-corrected chi connectivity index (χ4v) is 1.91. The molecule has 0 bridgehead atoms. The van der Waals surface area contributed by atoms with E-state index in [-0.39, 0.29) is 17.1 Å². The Labute approximate surface area is 117 Å². The van der Waals surface area contributed by atoms with E-state index >= 15 is 0 Å². The predicted octanol–water partition coefficient (Wildman–Crippen LogP) is 4.06. The first-order chi connectivity index (χ1) is 9.01. The van der Waals surface area contributed by atoms with Crippen molar-refractivity contribution in [3.8, 4) is 5.75 Å². The highest BCUT2D eigenvalue weighted by atomic mass is 79.9. The molecule has 0 saturated heterocycles. The Morgan fingerprint density at radius 3 is 2.42 bits per heavy atom. The van der Waals surface area contributed by atoms with Crippen molar-refractivity contribution in [3.05, 3.63) is 46.4 Å². The van der Waals surface area contributed by atoms with Gasteiger partial charge in [-0.3, -0.25) is 0 Å². The van der Waals surface area contributed by atoms with E-state index in [0.717, 1.165) is 6.07 Å². The lowest BCUT2D eigenvalue weighted by Crippen LogP contribution is -2.00.